The molecule has 3 rings (SSSR count). The summed E-state index contributed by atoms with van der Waals surface area (Å²) in [6.07, 6.45) is 0. The average Bonchev–Trinajstić information content (AvgIpc) is 2.64. The molecule has 1 aliphatic heterocycles. The van der Waals surface area contributed by atoms with Crippen molar-refractivity contribution in [1.29, 1.82) is 0 Å². The molecule has 2 aromatic rings. The fourth-order valence-electron chi connectivity index (χ4n) is 2.38. The van der Waals surface area contributed by atoms with Crippen LogP contribution in [0.25, 0.3) is 5.70 Å². The number of hydroxylamine groups is 2. The molecule has 1 aliphatic rings. The highest BCUT2D eigenvalue weighted by Crippen LogP contribution is 2.24. The van der Waals surface area contributed by atoms with Crippen molar-refractivity contribution < 1.29 is 5.21 Å². The summed E-state index contributed by atoms with van der Waals surface area (Å²) in [4.78, 5) is 8.64. The summed E-state index contributed by atoms with van der Waals surface area (Å²) in [5, 5.41) is 13.8. The molecule has 4 nitrogen and oxygen atoms in total. The van der Waals surface area contributed by atoms with Gasteiger partial charge < -0.3 is 0 Å². The zero-order valence-corrected chi connectivity index (χ0v) is 14.1. The van der Waals surface area contributed by atoms with E-state index in [1.54, 1.807) is 13.1 Å². The van der Waals surface area contributed by atoms with E-state index in [4.69, 9.17) is 11.6 Å². The van der Waals surface area contributed by atoms with Crippen LogP contribution in [-0.2, 0) is 0 Å². The Morgan fingerprint density at radius 2 is 2.05 bits per heavy atom. The molecular formula is C16H13BrClN3O. The first kappa shape index (κ1) is 15.2. The van der Waals surface area contributed by atoms with Gasteiger partial charge in [0.25, 0.3) is 0 Å². The summed E-state index contributed by atoms with van der Waals surface area (Å²) in [5.74, 6) is 0.549. The number of rotatable bonds is 1. The lowest BCUT2D eigenvalue weighted by Gasteiger charge is -2.20. The lowest BCUT2D eigenvalue weighted by atomic mass is 10.1. The van der Waals surface area contributed by atoms with Crippen molar-refractivity contribution in [3.05, 3.63) is 68.1 Å². The Labute approximate surface area is 141 Å². The van der Waals surface area contributed by atoms with E-state index in [-0.39, 0.29) is 6.54 Å². The SMILES string of the molecule is CN=C1CN(O)C(c2ccccc2Cl)=c2cc(Br)ccc2=N1. The second kappa shape index (κ2) is 6.20. The van der Waals surface area contributed by atoms with Gasteiger partial charge in [0, 0.05) is 27.3 Å². The first-order valence-electron chi connectivity index (χ1n) is 6.65. The minimum atomic E-state index is 0.198. The topological polar surface area (TPSA) is 48.2 Å². The van der Waals surface area contributed by atoms with Crippen LogP contribution in [0.4, 0.5) is 0 Å². The van der Waals surface area contributed by atoms with Gasteiger partial charge in [-0.2, -0.15) is 0 Å². The molecular weight excluding hydrogens is 366 g/mol. The van der Waals surface area contributed by atoms with Crippen LogP contribution in [0.2, 0.25) is 5.02 Å². The standard InChI is InChI=1S/C16H13BrClN3O/c1-19-15-9-21(22)16(11-4-2-3-5-13(11)18)12-8-10(17)6-7-14(12)20-15/h2-8,22H,9H2,1H3. The van der Waals surface area contributed by atoms with E-state index in [1.165, 1.54) is 0 Å². The van der Waals surface area contributed by atoms with E-state index in [0.717, 1.165) is 25.7 Å². The second-order valence-electron chi connectivity index (χ2n) is 4.80. The Morgan fingerprint density at radius 3 is 2.77 bits per heavy atom. The quantitative estimate of drug-likeness (QED) is 0.829. The van der Waals surface area contributed by atoms with Gasteiger partial charge in [0.2, 0.25) is 0 Å². The van der Waals surface area contributed by atoms with Crippen molar-refractivity contribution in [2.24, 2.45) is 9.98 Å². The maximum Gasteiger partial charge on any atom is 0.145 e. The molecule has 0 aromatic heterocycles. The summed E-state index contributed by atoms with van der Waals surface area (Å²) in [6, 6.07) is 13.1. The van der Waals surface area contributed by atoms with Crippen LogP contribution >= 0.6 is 27.5 Å². The highest BCUT2D eigenvalue weighted by molar-refractivity contribution is 9.10. The summed E-state index contributed by atoms with van der Waals surface area (Å²) in [5.41, 5.74) is 1.36. The molecule has 0 aliphatic carbocycles. The van der Waals surface area contributed by atoms with E-state index in [1.807, 2.05) is 36.4 Å². The molecule has 112 valence electrons. The van der Waals surface area contributed by atoms with Gasteiger partial charge in [-0.15, -0.1) is 0 Å². The number of amidine groups is 1. The van der Waals surface area contributed by atoms with Gasteiger partial charge >= 0.3 is 0 Å². The largest absolute Gasteiger partial charge is 0.288 e. The number of hydrogen-bond acceptors (Lipinski definition) is 3. The van der Waals surface area contributed by atoms with Crippen molar-refractivity contribution >= 4 is 39.1 Å². The molecule has 0 saturated carbocycles. The van der Waals surface area contributed by atoms with Crippen molar-refractivity contribution in [2.75, 3.05) is 13.6 Å². The number of nitrogens with zero attached hydrogens (tertiary/aromatic N) is 3. The maximum atomic E-state index is 10.5. The molecule has 1 N–H and O–H groups in total. The van der Waals surface area contributed by atoms with Gasteiger partial charge in [0.1, 0.15) is 12.4 Å². The van der Waals surface area contributed by atoms with E-state index < -0.39 is 0 Å². The van der Waals surface area contributed by atoms with Crippen LogP contribution < -0.4 is 10.6 Å². The van der Waals surface area contributed by atoms with Gasteiger partial charge in [-0.3, -0.25) is 10.2 Å². The Balaban J connectivity index is 2.45. The lowest BCUT2D eigenvalue weighted by Crippen LogP contribution is -2.32. The van der Waals surface area contributed by atoms with Crippen LogP contribution in [0.3, 0.4) is 0 Å². The van der Waals surface area contributed by atoms with Crippen LogP contribution in [0, 0.1) is 0 Å². The van der Waals surface area contributed by atoms with Crippen LogP contribution in [0.1, 0.15) is 5.56 Å². The molecule has 1 heterocycles. The van der Waals surface area contributed by atoms with Gasteiger partial charge in [0.05, 0.1) is 11.1 Å². The fourth-order valence-corrected chi connectivity index (χ4v) is 2.97. The first-order chi connectivity index (χ1) is 10.6. The van der Waals surface area contributed by atoms with Crippen LogP contribution in [-0.4, -0.2) is 29.7 Å². The summed E-state index contributed by atoms with van der Waals surface area (Å²) in [6.45, 7) is 0.198. The van der Waals surface area contributed by atoms with E-state index >= 15 is 0 Å². The molecule has 0 fully saturated rings. The maximum absolute atomic E-state index is 10.5. The van der Waals surface area contributed by atoms with Gasteiger partial charge in [0.15, 0.2) is 0 Å². The van der Waals surface area contributed by atoms with Crippen molar-refractivity contribution in [1.82, 2.24) is 5.06 Å². The minimum Gasteiger partial charge on any atom is -0.288 e. The van der Waals surface area contributed by atoms with Gasteiger partial charge in [-0.25, -0.2) is 10.1 Å². The third-order valence-electron chi connectivity index (χ3n) is 3.40. The number of hydrogen-bond donors (Lipinski definition) is 1. The van der Waals surface area contributed by atoms with Crippen LogP contribution in [0.15, 0.2) is 56.9 Å². The molecule has 0 spiro atoms. The zero-order chi connectivity index (χ0) is 15.7. The minimum absolute atomic E-state index is 0.198. The summed E-state index contributed by atoms with van der Waals surface area (Å²) in [7, 11) is 1.66. The van der Waals surface area contributed by atoms with Gasteiger partial charge in [-0.1, -0.05) is 45.7 Å². The second-order valence-corrected chi connectivity index (χ2v) is 6.12. The predicted molar refractivity (Wildman–Crippen MR) is 90.7 cm³/mol. The van der Waals surface area contributed by atoms with E-state index in [2.05, 4.69) is 25.9 Å². The van der Waals surface area contributed by atoms with Crippen molar-refractivity contribution in [2.45, 2.75) is 0 Å². The molecule has 22 heavy (non-hydrogen) atoms. The normalized spacial score (nSPS) is 16.3. The molecule has 0 unspecified atom stereocenters. The molecule has 6 heteroatoms. The number of benzene rings is 2. The van der Waals surface area contributed by atoms with E-state index in [0.29, 0.717) is 16.6 Å². The fraction of sp³-hybridized carbons (Fsp3) is 0.125. The van der Waals surface area contributed by atoms with Crippen molar-refractivity contribution in [3.8, 4) is 0 Å². The number of fused-ring (bicyclic) bond motifs is 1. The molecule has 0 amide bonds. The highest BCUT2D eigenvalue weighted by atomic mass is 79.9. The predicted octanol–water partition coefficient (Wildman–Crippen LogP) is 2.61. The summed E-state index contributed by atoms with van der Waals surface area (Å²) >= 11 is 9.79. The third-order valence-corrected chi connectivity index (χ3v) is 4.22. The lowest BCUT2D eigenvalue weighted by molar-refractivity contribution is -0.0119. The molecule has 0 radical (unpaired) electrons. The Kier molecular flexibility index (Phi) is 4.29. The van der Waals surface area contributed by atoms with Gasteiger partial charge in [-0.05, 0) is 24.3 Å². The number of aliphatic imine (C=N–C) groups is 1. The van der Waals surface area contributed by atoms with Crippen LogP contribution in [0.5, 0.6) is 0 Å². The monoisotopic (exact) mass is 377 g/mol. The van der Waals surface area contributed by atoms with E-state index in [9.17, 15) is 5.21 Å². The average molecular weight is 379 g/mol. The Bertz CT molecular complexity index is 879. The molecule has 0 bridgehead atoms. The number of halogens is 2. The molecule has 0 atom stereocenters. The first-order valence-corrected chi connectivity index (χ1v) is 7.83. The Morgan fingerprint density at radius 1 is 1.27 bits per heavy atom. The smallest absolute Gasteiger partial charge is 0.145 e. The third kappa shape index (κ3) is 2.79. The molecule has 2 aromatic carbocycles. The highest BCUT2D eigenvalue weighted by Gasteiger charge is 2.19. The summed E-state index contributed by atoms with van der Waals surface area (Å²) < 4.78 is 0.899. The zero-order valence-electron chi connectivity index (χ0n) is 11.8. The molecule has 0 saturated heterocycles. The Hall–Kier alpha value is -1.69. The van der Waals surface area contributed by atoms with Crippen molar-refractivity contribution in [3.63, 3.8) is 0 Å².